The minimum Gasteiger partial charge on any atom is -0.388 e. The molecule has 3 N–H and O–H groups in total. The lowest BCUT2D eigenvalue weighted by Gasteiger charge is -2.09. The van der Waals surface area contributed by atoms with E-state index in [-0.39, 0.29) is 0 Å². The molecule has 1 rings (SSSR count). The highest BCUT2D eigenvalue weighted by Gasteiger charge is 1.99. The topological polar surface area (TPSA) is 38.0 Å². The number of anilines is 1. The monoisotopic (exact) mass is 150 g/mol. The second-order valence-electron chi connectivity index (χ2n) is 2.56. The number of nitrogens with two attached hydrogens (primary N) is 1. The molecule has 0 unspecified atom stereocenters. The van der Waals surface area contributed by atoms with Crippen LogP contribution >= 0.6 is 0 Å². The van der Waals surface area contributed by atoms with Crippen molar-refractivity contribution >= 4 is 5.69 Å². The maximum Gasteiger partial charge on any atom is 0.0412 e. The van der Waals surface area contributed by atoms with E-state index in [1.165, 1.54) is 11.1 Å². The van der Waals surface area contributed by atoms with E-state index in [2.05, 4.69) is 18.3 Å². The molecule has 1 aromatic rings. The van der Waals surface area contributed by atoms with Gasteiger partial charge in [-0.25, -0.2) is 0 Å². The molecule has 0 aliphatic carbocycles. The number of hydrogen-bond acceptors (Lipinski definition) is 2. The van der Waals surface area contributed by atoms with E-state index in [0.717, 1.165) is 5.69 Å². The third-order valence-corrected chi connectivity index (χ3v) is 1.83. The van der Waals surface area contributed by atoms with Gasteiger partial charge in [-0.05, 0) is 18.1 Å². The molecule has 0 aliphatic rings. The van der Waals surface area contributed by atoms with Crippen LogP contribution < -0.4 is 11.1 Å². The first-order valence-electron chi connectivity index (χ1n) is 3.76. The summed E-state index contributed by atoms with van der Waals surface area (Å²) in [7, 11) is 1.92. The van der Waals surface area contributed by atoms with Crippen LogP contribution in [-0.4, -0.2) is 7.05 Å². The van der Waals surface area contributed by atoms with E-state index in [0.29, 0.717) is 6.54 Å². The molecule has 11 heavy (non-hydrogen) atoms. The van der Waals surface area contributed by atoms with Crippen LogP contribution in [0.25, 0.3) is 0 Å². The van der Waals surface area contributed by atoms with Gasteiger partial charge in [0, 0.05) is 19.3 Å². The van der Waals surface area contributed by atoms with Gasteiger partial charge in [0.2, 0.25) is 0 Å². The molecule has 0 saturated heterocycles. The zero-order valence-corrected chi connectivity index (χ0v) is 7.02. The molecule has 0 radical (unpaired) electrons. The predicted octanol–water partition coefficient (Wildman–Crippen LogP) is 1.50. The average Bonchev–Trinajstić information content (AvgIpc) is 2.04. The first-order valence-corrected chi connectivity index (χ1v) is 3.76. The lowest BCUT2D eigenvalue weighted by molar-refractivity contribution is 1.07. The highest BCUT2D eigenvalue weighted by Crippen LogP contribution is 2.18. The molecule has 0 saturated carbocycles. The van der Waals surface area contributed by atoms with Gasteiger partial charge >= 0.3 is 0 Å². The van der Waals surface area contributed by atoms with Crippen LogP contribution in [-0.2, 0) is 6.54 Å². The van der Waals surface area contributed by atoms with E-state index < -0.39 is 0 Å². The van der Waals surface area contributed by atoms with E-state index in [1.807, 2.05) is 19.2 Å². The van der Waals surface area contributed by atoms with Crippen molar-refractivity contribution < 1.29 is 0 Å². The Morgan fingerprint density at radius 1 is 1.45 bits per heavy atom. The van der Waals surface area contributed by atoms with Gasteiger partial charge in [0.15, 0.2) is 0 Å². The zero-order valence-electron chi connectivity index (χ0n) is 7.02. The molecule has 0 heterocycles. The van der Waals surface area contributed by atoms with Gasteiger partial charge < -0.3 is 11.1 Å². The van der Waals surface area contributed by atoms with Crippen LogP contribution in [0.3, 0.4) is 0 Å². The Bertz CT molecular complexity index is 243. The van der Waals surface area contributed by atoms with Gasteiger partial charge in [-0.1, -0.05) is 18.2 Å². The third-order valence-electron chi connectivity index (χ3n) is 1.83. The fraction of sp³-hybridized carbons (Fsp3) is 0.333. The lowest BCUT2D eigenvalue weighted by Crippen LogP contribution is -2.02. The van der Waals surface area contributed by atoms with Crippen molar-refractivity contribution in [2.24, 2.45) is 5.73 Å². The Labute approximate surface area is 67.4 Å². The van der Waals surface area contributed by atoms with Crippen molar-refractivity contribution in [3.05, 3.63) is 29.3 Å². The molecule has 0 bridgehead atoms. The quantitative estimate of drug-likeness (QED) is 0.670. The average molecular weight is 150 g/mol. The summed E-state index contributed by atoms with van der Waals surface area (Å²) in [6.45, 7) is 2.67. The summed E-state index contributed by atoms with van der Waals surface area (Å²) in [5, 5.41) is 3.13. The minimum absolute atomic E-state index is 0.595. The normalized spacial score (nSPS) is 9.73. The molecule has 0 fully saturated rings. The largest absolute Gasteiger partial charge is 0.388 e. The summed E-state index contributed by atoms with van der Waals surface area (Å²) in [6, 6.07) is 6.14. The van der Waals surface area contributed by atoms with Gasteiger partial charge in [0.1, 0.15) is 0 Å². The van der Waals surface area contributed by atoms with Crippen molar-refractivity contribution in [3.8, 4) is 0 Å². The standard InChI is InChI=1S/C9H14N2/c1-7-4-3-5-8(6-10)9(7)11-2/h3-5,11H,6,10H2,1-2H3. The molecular formula is C9H14N2. The highest BCUT2D eigenvalue weighted by atomic mass is 14.8. The van der Waals surface area contributed by atoms with Crippen LogP contribution in [0, 0.1) is 6.92 Å². The number of benzene rings is 1. The lowest BCUT2D eigenvalue weighted by atomic mass is 10.1. The van der Waals surface area contributed by atoms with Crippen molar-refractivity contribution in [1.82, 2.24) is 0 Å². The van der Waals surface area contributed by atoms with Crippen LogP contribution in [0.5, 0.6) is 0 Å². The molecular weight excluding hydrogens is 136 g/mol. The fourth-order valence-corrected chi connectivity index (χ4v) is 1.26. The molecule has 1 aromatic carbocycles. The van der Waals surface area contributed by atoms with Gasteiger partial charge in [-0.3, -0.25) is 0 Å². The molecule has 60 valence electrons. The summed E-state index contributed by atoms with van der Waals surface area (Å²) >= 11 is 0. The fourth-order valence-electron chi connectivity index (χ4n) is 1.26. The first kappa shape index (κ1) is 8.08. The van der Waals surface area contributed by atoms with E-state index >= 15 is 0 Å². The van der Waals surface area contributed by atoms with E-state index in [9.17, 15) is 0 Å². The highest BCUT2D eigenvalue weighted by molar-refractivity contribution is 5.56. The summed E-state index contributed by atoms with van der Waals surface area (Å²) in [4.78, 5) is 0. The molecule has 0 spiro atoms. The summed E-state index contributed by atoms with van der Waals surface area (Å²) < 4.78 is 0. The van der Waals surface area contributed by atoms with Crippen molar-refractivity contribution in [3.63, 3.8) is 0 Å². The zero-order chi connectivity index (χ0) is 8.27. The first-order chi connectivity index (χ1) is 5.29. The predicted molar refractivity (Wildman–Crippen MR) is 48.6 cm³/mol. The number of hydrogen-bond donors (Lipinski definition) is 2. The number of rotatable bonds is 2. The molecule has 0 aromatic heterocycles. The second kappa shape index (κ2) is 3.39. The summed E-state index contributed by atoms with van der Waals surface area (Å²) in [5.74, 6) is 0. The van der Waals surface area contributed by atoms with Crippen LogP contribution in [0.15, 0.2) is 18.2 Å². The molecule has 2 nitrogen and oxygen atoms in total. The Balaban J connectivity index is 3.13. The smallest absolute Gasteiger partial charge is 0.0412 e. The van der Waals surface area contributed by atoms with Crippen molar-refractivity contribution in [2.45, 2.75) is 13.5 Å². The molecule has 2 heteroatoms. The second-order valence-corrected chi connectivity index (χ2v) is 2.56. The maximum atomic E-state index is 5.56. The van der Waals surface area contributed by atoms with Gasteiger partial charge in [-0.15, -0.1) is 0 Å². The maximum absolute atomic E-state index is 5.56. The number of para-hydroxylation sites is 1. The minimum atomic E-state index is 0.595. The van der Waals surface area contributed by atoms with Gasteiger partial charge in [0.25, 0.3) is 0 Å². The van der Waals surface area contributed by atoms with Gasteiger partial charge in [-0.2, -0.15) is 0 Å². The van der Waals surface area contributed by atoms with Crippen LogP contribution in [0.2, 0.25) is 0 Å². The van der Waals surface area contributed by atoms with Gasteiger partial charge in [0.05, 0.1) is 0 Å². The molecule has 0 aliphatic heterocycles. The van der Waals surface area contributed by atoms with Crippen molar-refractivity contribution in [2.75, 3.05) is 12.4 Å². The van der Waals surface area contributed by atoms with E-state index in [1.54, 1.807) is 0 Å². The Morgan fingerprint density at radius 2 is 2.18 bits per heavy atom. The summed E-state index contributed by atoms with van der Waals surface area (Å²) in [5.41, 5.74) is 9.14. The van der Waals surface area contributed by atoms with E-state index in [4.69, 9.17) is 5.73 Å². The number of nitrogens with one attached hydrogen (secondary N) is 1. The summed E-state index contributed by atoms with van der Waals surface area (Å²) in [6.07, 6.45) is 0. The third kappa shape index (κ3) is 1.52. The Kier molecular flexibility index (Phi) is 2.49. The number of aryl methyl sites for hydroxylation is 1. The SMILES string of the molecule is CNc1c(C)cccc1CN. The molecule has 0 atom stereocenters. The molecule has 0 amide bonds. The van der Waals surface area contributed by atoms with Crippen LogP contribution in [0.4, 0.5) is 5.69 Å². The Hall–Kier alpha value is -1.02. The Morgan fingerprint density at radius 3 is 2.64 bits per heavy atom. The van der Waals surface area contributed by atoms with Crippen molar-refractivity contribution in [1.29, 1.82) is 0 Å². The van der Waals surface area contributed by atoms with Crippen LogP contribution in [0.1, 0.15) is 11.1 Å².